The van der Waals surface area contributed by atoms with E-state index in [1.165, 1.54) is 18.4 Å². The highest BCUT2D eigenvalue weighted by Gasteiger charge is 2.25. The smallest absolute Gasteiger partial charge is 0.340 e. The topological polar surface area (TPSA) is 67.9 Å². The summed E-state index contributed by atoms with van der Waals surface area (Å²) in [5.41, 5.74) is 1.36. The van der Waals surface area contributed by atoms with Crippen LogP contribution in [-0.4, -0.2) is 55.7 Å². The second-order valence-electron chi connectivity index (χ2n) is 6.71. The van der Waals surface area contributed by atoms with E-state index in [2.05, 4.69) is 10.2 Å². The normalized spacial score (nSPS) is 20.3. The van der Waals surface area contributed by atoms with Crippen LogP contribution in [0.5, 0.6) is 0 Å². The fraction of sp³-hybridized carbons (Fsp3) is 0.400. The number of hydrogen-bond donors (Lipinski definition) is 1. The lowest BCUT2D eigenvalue weighted by Gasteiger charge is -2.34. The van der Waals surface area contributed by atoms with Gasteiger partial charge in [-0.1, -0.05) is 30.3 Å². The van der Waals surface area contributed by atoms with Gasteiger partial charge in [0.25, 0.3) is 0 Å². The maximum Gasteiger partial charge on any atom is 0.340 e. The molecule has 2 aromatic rings. The van der Waals surface area contributed by atoms with Gasteiger partial charge in [-0.25, -0.2) is 4.79 Å². The molecule has 0 spiro atoms. The van der Waals surface area contributed by atoms with Crippen molar-refractivity contribution in [2.75, 3.05) is 32.1 Å². The predicted molar refractivity (Wildman–Crippen MR) is 106 cm³/mol. The number of esters is 1. The summed E-state index contributed by atoms with van der Waals surface area (Å²) in [7, 11) is 1.34. The molecular formula is C20H24N2O4S. The van der Waals surface area contributed by atoms with Gasteiger partial charge in [-0.3, -0.25) is 9.69 Å². The van der Waals surface area contributed by atoms with E-state index < -0.39 is 5.97 Å². The summed E-state index contributed by atoms with van der Waals surface area (Å²) in [5, 5.41) is 3.40. The van der Waals surface area contributed by atoms with Gasteiger partial charge >= 0.3 is 5.97 Å². The Morgan fingerprint density at radius 2 is 1.89 bits per heavy atom. The molecule has 3 rings (SSSR count). The van der Waals surface area contributed by atoms with Crippen molar-refractivity contribution >= 4 is 28.2 Å². The fourth-order valence-electron chi connectivity index (χ4n) is 3.27. The zero-order valence-corrected chi connectivity index (χ0v) is 16.5. The molecule has 1 aromatic carbocycles. The first-order valence-corrected chi connectivity index (χ1v) is 9.73. The first-order chi connectivity index (χ1) is 13.0. The average molecular weight is 388 g/mol. The lowest BCUT2D eigenvalue weighted by molar-refractivity contribution is -0.121. The number of anilines is 1. The van der Waals surface area contributed by atoms with Crippen LogP contribution in [0.3, 0.4) is 0 Å². The Labute approximate surface area is 163 Å². The minimum atomic E-state index is -0.461. The number of benzene rings is 1. The van der Waals surface area contributed by atoms with Crippen LogP contribution < -0.4 is 5.32 Å². The predicted octanol–water partition coefficient (Wildman–Crippen LogP) is 3.25. The van der Waals surface area contributed by atoms with Crippen LogP contribution in [0.4, 0.5) is 5.00 Å². The number of nitrogens with zero attached hydrogens (tertiary/aromatic N) is 1. The highest BCUT2D eigenvalue weighted by Crippen LogP contribution is 2.35. The van der Waals surface area contributed by atoms with Crippen molar-refractivity contribution in [2.24, 2.45) is 0 Å². The molecule has 1 fully saturated rings. The second-order valence-corrected chi connectivity index (χ2v) is 7.76. The third-order valence-electron chi connectivity index (χ3n) is 4.31. The van der Waals surface area contributed by atoms with E-state index in [0.717, 1.165) is 10.4 Å². The van der Waals surface area contributed by atoms with Crippen molar-refractivity contribution in [3.63, 3.8) is 0 Å². The number of rotatable bonds is 5. The summed E-state index contributed by atoms with van der Waals surface area (Å²) in [5.74, 6) is -0.611. The Bertz CT molecular complexity index is 796. The highest BCUT2D eigenvalue weighted by molar-refractivity contribution is 7.20. The minimum Gasteiger partial charge on any atom is -0.465 e. The van der Waals surface area contributed by atoms with Gasteiger partial charge in [0, 0.05) is 18.0 Å². The number of hydrogen-bond acceptors (Lipinski definition) is 6. The Kier molecular flexibility index (Phi) is 6.26. The van der Waals surface area contributed by atoms with Crippen molar-refractivity contribution in [1.82, 2.24) is 4.90 Å². The lowest BCUT2D eigenvalue weighted by Crippen LogP contribution is -2.48. The summed E-state index contributed by atoms with van der Waals surface area (Å²) in [6, 6.07) is 11.5. The minimum absolute atomic E-state index is 0.0959. The van der Waals surface area contributed by atoms with Crippen LogP contribution in [0.1, 0.15) is 24.2 Å². The molecule has 1 aliphatic heterocycles. The van der Waals surface area contributed by atoms with Gasteiger partial charge in [0.2, 0.25) is 5.91 Å². The van der Waals surface area contributed by atoms with Gasteiger partial charge < -0.3 is 14.8 Å². The summed E-state index contributed by atoms with van der Waals surface area (Å²) < 4.78 is 10.6. The molecule has 27 heavy (non-hydrogen) atoms. The van der Waals surface area contributed by atoms with E-state index in [1.807, 2.05) is 44.2 Å². The Hall–Kier alpha value is -2.22. The molecule has 2 atom stereocenters. The molecule has 0 unspecified atom stereocenters. The molecule has 0 saturated carbocycles. The molecule has 1 saturated heterocycles. The van der Waals surface area contributed by atoms with E-state index in [1.54, 1.807) is 6.07 Å². The molecule has 0 bridgehead atoms. The highest BCUT2D eigenvalue weighted by atomic mass is 32.1. The summed E-state index contributed by atoms with van der Waals surface area (Å²) in [4.78, 5) is 27.7. The fourth-order valence-corrected chi connectivity index (χ4v) is 4.34. The third kappa shape index (κ3) is 4.94. The molecule has 2 heterocycles. The third-order valence-corrected chi connectivity index (χ3v) is 5.41. The van der Waals surface area contributed by atoms with Crippen LogP contribution >= 0.6 is 11.3 Å². The van der Waals surface area contributed by atoms with Crippen LogP contribution in [0.25, 0.3) is 10.4 Å². The quantitative estimate of drug-likeness (QED) is 0.797. The monoisotopic (exact) mass is 388 g/mol. The number of thiophene rings is 1. The van der Waals surface area contributed by atoms with Gasteiger partial charge in [-0.2, -0.15) is 0 Å². The number of ether oxygens (including phenoxy) is 2. The standard InChI is InChI=1S/C20H24N2O4S/c1-13-10-22(11-14(2)26-13)12-18(23)21-19-16(20(24)25-3)9-17(27-19)15-7-5-4-6-8-15/h4-9,13-14H,10-12H2,1-3H3,(H,21,23)/t13-,14+. The molecule has 1 N–H and O–H groups in total. The van der Waals surface area contributed by atoms with E-state index in [4.69, 9.17) is 9.47 Å². The van der Waals surface area contributed by atoms with Crippen molar-refractivity contribution in [3.05, 3.63) is 42.0 Å². The average Bonchev–Trinajstić information content (AvgIpc) is 3.04. The summed E-state index contributed by atoms with van der Waals surface area (Å²) in [6.07, 6.45) is 0.192. The number of carbonyl (C=O) groups excluding carboxylic acids is 2. The van der Waals surface area contributed by atoms with Crippen molar-refractivity contribution in [2.45, 2.75) is 26.1 Å². The SMILES string of the molecule is COC(=O)c1cc(-c2ccccc2)sc1NC(=O)CN1C[C@@H](C)O[C@@H](C)C1. The number of nitrogens with one attached hydrogen (secondary N) is 1. The number of methoxy groups -OCH3 is 1. The molecule has 1 aliphatic rings. The second kappa shape index (κ2) is 8.65. The Morgan fingerprint density at radius 3 is 2.52 bits per heavy atom. The molecular weight excluding hydrogens is 364 g/mol. The van der Waals surface area contributed by atoms with Crippen LogP contribution in [0.2, 0.25) is 0 Å². The lowest BCUT2D eigenvalue weighted by atomic mass is 10.1. The number of morpholine rings is 1. The first-order valence-electron chi connectivity index (χ1n) is 8.91. The van der Waals surface area contributed by atoms with Crippen molar-refractivity contribution < 1.29 is 19.1 Å². The van der Waals surface area contributed by atoms with E-state index in [9.17, 15) is 9.59 Å². The zero-order valence-electron chi connectivity index (χ0n) is 15.7. The van der Waals surface area contributed by atoms with Crippen molar-refractivity contribution in [1.29, 1.82) is 0 Å². The van der Waals surface area contributed by atoms with E-state index in [-0.39, 0.29) is 24.7 Å². The Morgan fingerprint density at radius 1 is 1.22 bits per heavy atom. The molecule has 0 radical (unpaired) electrons. The Balaban J connectivity index is 1.75. The van der Waals surface area contributed by atoms with E-state index >= 15 is 0 Å². The molecule has 144 valence electrons. The van der Waals surface area contributed by atoms with Gasteiger partial charge in [-0.05, 0) is 25.5 Å². The molecule has 6 nitrogen and oxygen atoms in total. The molecule has 1 aromatic heterocycles. The van der Waals surface area contributed by atoms with Crippen LogP contribution in [-0.2, 0) is 14.3 Å². The maximum absolute atomic E-state index is 12.6. The van der Waals surface area contributed by atoms with Gasteiger partial charge in [0.05, 0.1) is 31.4 Å². The molecule has 1 amide bonds. The van der Waals surface area contributed by atoms with Crippen LogP contribution in [0, 0.1) is 0 Å². The molecule has 7 heteroatoms. The van der Waals surface area contributed by atoms with Crippen molar-refractivity contribution in [3.8, 4) is 10.4 Å². The largest absolute Gasteiger partial charge is 0.465 e. The summed E-state index contributed by atoms with van der Waals surface area (Å²) >= 11 is 1.37. The van der Waals surface area contributed by atoms with Gasteiger partial charge in [-0.15, -0.1) is 11.3 Å². The summed E-state index contributed by atoms with van der Waals surface area (Å²) in [6.45, 7) is 5.68. The van der Waals surface area contributed by atoms with E-state index in [0.29, 0.717) is 23.7 Å². The maximum atomic E-state index is 12.6. The first kappa shape index (κ1) is 19.5. The van der Waals surface area contributed by atoms with Crippen LogP contribution in [0.15, 0.2) is 36.4 Å². The zero-order chi connectivity index (χ0) is 19.4. The van der Waals surface area contributed by atoms with Gasteiger partial charge in [0.15, 0.2) is 0 Å². The number of carbonyl (C=O) groups is 2. The number of amides is 1. The molecule has 0 aliphatic carbocycles. The van der Waals surface area contributed by atoms with Gasteiger partial charge in [0.1, 0.15) is 5.00 Å².